The van der Waals surface area contributed by atoms with Crippen molar-refractivity contribution in [2.45, 2.75) is 19.4 Å². The van der Waals surface area contributed by atoms with Gasteiger partial charge < -0.3 is 14.9 Å². The number of carbonyl (C=O) groups is 2. The largest absolute Gasteiger partial charge is 0.507 e. The topological polar surface area (TPSA) is 64.1 Å². The summed E-state index contributed by atoms with van der Waals surface area (Å²) in [5.74, 6) is -1.42. The number of carbonyl (C=O) groups excluding carboxylic acids is 2. The molecule has 0 spiro atoms. The van der Waals surface area contributed by atoms with Gasteiger partial charge in [0, 0.05) is 48.0 Å². The predicted molar refractivity (Wildman–Crippen MR) is 141 cm³/mol. The summed E-state index contributed by atoms with van der Waals surface area (Å²) in [5, 5.41) is 13.1. The van der Waals surface area contributed by atoms with E-state index in [2.05, 4.69) is 23.8 Å². The van der Waals surface area contributed by atoms with Crippen molar-refractivity contribution >= 4 is 40.2 Å². The van der Waals surface area contributed by atoms with Gasteiger partial charge in [0.2, 0.25) is 0 Å². The van der Waals surface area contributed by atoms with Crippen LogP contribution in [0.25, 0.3) is 5.76 Å². The summed E-state index contributed by atoms with van der Waals surface area (Å²) in [5.41, 5.74) is 3.54. The second-order valence-corrected chi connectivity index (χ2v) is 10.0. The van der Waals surface area contributed by atoms with Gasteiger partial charge in [0.05, 0.1) is 5.57 Å². The van der Waals surface area contributed by atoms with Crippen molar-refractivity contribution < 1.29 is 14.7 Å². The average molecular weight is 488 g/mol. The van der Waals surface area contributed by atoms with Gasteiger partial charge in [-0.15, -0.1) is 11.3 Å². The summed E-state index contributed by atoms with van der Waals surface area (Å²) in [6.45, 7) is 5.98. The molecule has 6 nitrogen and oxygen atoms in total. The van der Waals surface area contributed by atoms with Crippen LogP contribution >= 0.6 is 11.3 Å². The molecular weight excluding hydrogens is 458 g/mol. The molecule has 2 aromatic carbocycles. The first kappa shape index (κ1) is 23.3. The number of aryl methyl sites for hydroxylation is 1. The highest BCUT2D eigenvalue weighted by molar-refractivity contribution is 7.10. The third-order valence-electron chi connectivity index (χ3n) is 6.89. The molecule has 0 radical (unpaired) electrons. The van der Waals surface area contributed by atoms with Crippen LogP contribution in [0, 0.1) is 0 Å². The minimum Gasteiger partial charge on any atom is -0.507 e. The molecule has 5 rings (SSSR count). The first-order chi connectivity index (χ1) is 17.0. The number of aliphatic hydroxyl groups is 1. The van der Waals surface area contributed by atoms with E-state index in [4.69, 9.17) is 0 Å². The van der Waals surface area contributed by atoms with Crippen molar-refractivity contribution in [3.63, 3.8) is 0 Å². The Hall–Kier alpha value is -3.42. The zero-order valence-electron chi connectivity index (χ0n) is 20.0. The van der Waals surface area contributed by atoms with Crippen LogP contribution in [-0.4, -0.2) is 54.9 Å². The lowest BCUT2D eigenvalue weighted by molar-refractivity contribution is -0.132. The van der Waals surface area contributed by atoms with Crippen molar-refractivity contribution in [1.29, 1.82) is 0 Å². The van der Waals surface area contributed by atoms with Crippen molar-refractivity contribution in [2.75, 3.05) is 43.0 Å². The number of nitrogens with zero attached hydrogens (tertiary/aromatic N) is 3. The summed E-state index contributed by atoms with van der Waals surface area (Å²) >= 11 is 1.47. The molecule has 3 heterocycles. The summed E-state index contributed by atoms with van der Waals surface area (Å²) in [6, 6.07) is 18.4. The molecule has 7 heteroatoms. The van der Waals surface area contributed by atoms with E-state index < -0.39 is 17.7 Å². The maximum Gasteiger partial charge on any atom is 0.300 e. The SMILES string of the molecule is CCc1ccc(/C(O)=C2/C(=O)C(=O)N(c3ccc(N4CCN(C)CC4)cc3)C2c2cccs2)cc1. The van der Waals surface area contributed by atoms with Crippen molar-refractivity contribution in [3.8, 4) is 0 Å². The number of amides is 1. The van der Waals surface area contributed by atoms with Crippen LogP contribution in [0.2, 0.25) is 0 Å². The summed E-state index contributed by atoms with van der Waals surface area (Å²) < 4.78 is 0. The van der Waals surface area contributed by atoms with Gasteiger partial charge in [0.15, 0.2) is 0 Å². The monoisotopic (exact) mass is 487 g/mol. The second kappa shape index (κ2) is 9.68. The summed E-state index contributed by atoms with van der Waals surface area (Å²) in [4.78, 5) is 33.5. The molecule has 0 aliphatic carbocycles. The summed E-state index contributed by atoms with van der Waals surface area (Å²) in [7, 11) is 2.12. The quantitative estimate of drug-likeness (QED) is 0.321. The van der Waals surface area contributed by atoms with E-state index >= 15 is 0 Å². The lowest BCUT2D eigenvalue weighted by atomic mass is 9.99. The molecule has 2 fully saturated rings. The zero-order valence-corrected chi connectivity index (χ0v) is 20.8. The Kier molecular flexibility index (Phi) is 6.45. The van der Waals surface area contributed by atoms with Crippen LogP contribution in [0.4, 0.5) is 11.4 Å². The molecule has 2 saturated heterocycles. The van der Waals surface area contributed by atoms with Crippen molar-refractivity contribution in [1.82, 2.24) is 4.90 Å². The van der Waals surface area contributed by atoms with Crippen LogP contribution in [-0.2, 0) is 16.0 Å². The zero-order chi connectivity index (χ0) is 24.5. The second-order valence-electron chi connectivity index (χ2n) is 9.04. The molecule has 0 saturated carbocycles. The number of likely N-dealkylation sites (N-methyl/N-ethyl adjacent to an activating group) is 1. The van der Waals surface area contributed by atoms with E-state index in [-0.39, 0.29) is 11.3 Å². The smallest absolute Gasteiger partial charge is 0.300 e. The first-order valence-electron chi connectivity index (χ1n) is 11.9. The molecule has 1 aromatic heterocycles. The molecule has 3 aromatic rings. The molecular formula is C28H29N3O3S. The average Bonchev–Trinajstić information content (AvgIpc) is 3.51. The predicted octanol–water partition coefficient (Wildman–Crippen LogP) is 4.69. The van der Waals surface area contributed by atoms with Gasteiger partial charge in [0.1, 0.15) is 11.8 Å². The van der Waals surface area contributed by atoms with E-state index in [1.165, 1.54) is 16.2 Å². The molecule has 0 bridgehead atoms. The Bertz CT molecular complexity index is 1240. The van der Waals surface area contributed by atoms with Gasteiger partial charge >= 0.3 is 0 Å². The molecule has 1 atom stereocenters. The number of aliphatic hydroxyl groups excluding tert-OH is 1. The third kappa shape index (κ3) is 4.37. The number of piperazine rings is 1. The third-order valence-corrected chi connectivity index (χ3v) is 7.81. The fourth-order valence-electron chi connectivity index (χ4n) is 4.76. The highest BCUT2D eigenvalue weighted by Crippen LogP contribution is 2.43. The molecule has 180 valence electrons. The van der Waals surface area contributed by atoms with E-state index in [9.17, 15) is 14.7 Å². The lowest BCUT2D eigenvalue weighted by Crippen LogP contribution is -2.44. The highest BCUT2D eigenvalue weighted by atomic mass is 32.1. The van der Waals surface area contributed by atoms with Crippen LogP contribution in [0.3, 0.4) is 0 Å². The van der Waals surface area contributed by atoms with E-state index in [1.807, 2.05) is 53.9 Å². The Morgan fingerprint density at radius 1 is 0.943 bits per heavy atom. The van der Waals surface area contributed by atoms with Crippen molar-refractivity contribution in [3.05, 3.63) is 87.6 Å². The number of thiophene rings is 1. The van der Waals surface area contributed by atoms with Crippen LogP contribution in [0.15, 0.2) is 71.6 Å². The molecule has 2 aliphatic heterocycles. The minimum absolute atomic E-state index is 0.129. The van der Waals surface area contributed by atoms with E-state index in [0.717, 1.165) is 48.7 Å². The number of anilines is 2. The van der Waals surface area contributed by atoms with Gasteiger partial charge in [-0.05, 0) is 54.7 Å². The number of hydrogen-bond donors (Lipinski definition) is 1. The lowest BCUT2D eigenvalue weighted by Gasteiger charge is -2.34. The van der Waals surface area contributed by atoms with Crippen LogP contribution in [0.1, 0.15) is 29.0 Å². The van der Waals surface area contributed by atoms with Crippen LogP contribution in [0.5, 0.6) is 0 Å². The molecule has 1 N–H and O–H groups in total. The van der Waals surface area contributed by atoms with Gasteiger partial charge in [-0.2, -0.15) is 0 Å². The number of ketones is 1. The number of hydrogen-bond acceptors (Lipinski definition) is 6. The Morgan fingerprint density at radius 2 is 1.60 bits per heavy atom. The summed E-state index contributed by atoms with van der Waals surface area (Å²) in [6.07, 6.45) is 0.880. The Labute approximate surface area is 209 Å². The van der Waals surface area contributed by atoms with Gasteiger partial charge in [-0.1, -0.05) is 37.3 Å². The Morgan fingerprint density at radius 3 is 2.20 bits per heavy atom. The number of rotatable bonds is 5. The number of Topliss-reactive ketones (excluding diaryl/α,β-unsaturated/α-hetero) is 1. The number of benzene rings is 2. The first-order valence-corrected chi connectivity index (χ1v) is 12.8. The van der Waals surface area contributed by atoms with Gasteiger partial charge in [0.25, 0.3) is 11.7 Å². The molecule has 35 heavy (non-hydrogen) atoms. The van der Waals surface area contributed by atoms with E-state index in [1.54, 1.807) is 12.1 Å². The molecule has 1 unspecified atom stereocenters. The normalized spacial score (nSPS) is 20.6. The standard InChI is InChI=1S/C28H29N3O3S/c1-3-19-6-8-20(9-7-19)26(32)24-25(23-5-4-18-35-23)31(28(34)27(24)33)22-12-10-21(11-13-22)30-16-14-29(2)15-17-30/h4-13,18,25,32H,3,14-17H2,1-2H3/b26-24-. The maximum atomic E-state index is 13.3. The Balaban J connectivity index is 1.53. The minimum atomic E-state index is -0.671. The van der Waals surface area contributed by atoms with Gasteiger partial charge in [-0.3, -0.25) is 14.5 Å². The highest BCUT2D eigenvalue weighted by Gasteiger charge is 2.47. The van der Waals surface area contributed by atoms with E-state index in [0.29, 0.717) is 11.3 Å². The molecule has 2 aliphatic rings. The van der Waals surface area contributed by atoms with Gasteiger partial charge in [-0.25, -0.2) is 0 Å². The van der Waals surface area contributed by atoms with Crippen LogP contribution < -0.4 is 9.80 Å². The fraction of sp³-hybridized carbons (Fsp3) is 0.286. The fourth-order valence-corrected chi connectivity index (χ4v) is 5.58. The van der Waals surface area contributed by atoms with Crippen molar-refractivity contribution in [2.24, 2.45) is 0 Å². The maximum absolute atomic E-state index is 13.3. The molecule has 1 amide bonds.